The molecule has 0 radical (unpaired) electrons. The molecule has 2 aliphatic rings. The van der Waals surface area contributed by atoms with Crippen molar-refractivity contribution in [2.75, 3.05) is 0 Å². The number of rotatable bonds is 2. The van der Waals surface area contributed by atoms with Crippen LogP contribution >= 0.6 is 0 Å². The molecule has 0 saturated carbocycles. The molecule has 2 aromatic rings. The second kappa shape index (κ2) is 7.56. The summed E-state index contributed by atoms with van der Waals surface area (Å²) in [5, 5.41) is 0. The minimum absolute atomic E-state index is 0. The Kier molecular flexibility index (Phi) is 6.22. The Morgan fingerprint density at radius 2 is 1.09 bits per heavy atom. The third-order valence-electron chi connectivity index (χ3n) is 4.40. The van der Waals surface area contributed by atoms with Gasteiger partial charge in [-0.2, -0.15) is 0 Å². The summed E-state index contributed by atoms with van der Waals surface area (Å²) in [6, 6.07) is 20.3. The Labute approximate surface area is 155 Å². The number of fused-ring (bicyclic) bond motifs is 2. The number of hydrogen-bond acceptors (Lipinski definition) is 0. The van der Waals surface area contributed by atoms with Crippen LogP contribution in [0.4, 0.5) is 0 Å². The first-order valence-corrected chi connectivity index (χ1v) is 21.4. The Morgan fingerprint density at radius 1 is 0.682 bits per heavy atom. The topological polar surface area (TPSA) is 0 Å². The molecule has 0 saturated heterocycles. The maximum absolute atomic E-state index is 2.49. The van der Waals surface area contributed by atoms with Gasteiger partial charge in [-0.25, -0.2) is 0 Å². The van der Waals surface area contributed by atoms with Gasteiger partial charge in [0.25, 0.3) is 0 Å². The first kappa shape index (κ1) is 18.1. The fraction of sp³-hybridized carbons (Fsp3) is 0.111. The molecule has 0 heterocycles. The maximum atomic E-state index is 2.49. The van der Waals surface area contributed by atoms with Gasteiger partial charge in [-0.3, -0.25) is 0 Å². The van der Waals surface area contributed by atoms with Crippen molar-refractivity contribution in [2.45, 2.75) is 5.90 Å². The van der Waals surface area contributed by atoms with Gasteiger partial charge in [0.05, 0.1) is 0 Å². The third kappa shape index (κ3) is 3.05. The summed E-state index contributed by atoms with van der Waals surface area (Å²) in [6.45, 7) is 0. The quantitative estimate of drug-likeness (QED) is 0.358. The molecule has 0 aliphatic heterocycles. The van der Waals surface area contributed by atoms with E-state index in [1.54, 1.807) is 11.1 Å². The van der Waals surface area contributed by atoms with Crippen LogP contribution in [0.25, 0.3) is 12.2 Å². The molecule has 4 rings (SSSR count). The molecule has 0 fully saturated rings. The van der Waals surface area contributed by atoms with Crippen LogP contribution in [-0.2, 0) is 0 Å². The summed E-state index contributed by atoms with van der Waals surface area (Å²) in [5.41, 5.74) is 6.08. The number of allylic oxidation sites excluding steroid dienone is 2. The first-order valence-electron chi connectivity index (χ1n) is 7.07. The summed E-state index contributed by atoms with van der Waals surface area (Å²) < 4.78 is 1.54. The van der Waals surface area contributed by atoms with Crippen molar-refractivity contribution in [3.8, 4) is 0 Å². The molecule has 22 heavy (non-hydrogen) atoms. The molecule has 110 valence electrons. The van der Waals surface area contributed by atoms with Crippen molar-refractivity contribution in [2.24, 2.45) is 0 Å². The molecular formula is C18H16Cl2SiU. The van der Waals surface area contributed by atoms with E-state index in [0.29, 0.717) is 0 Å². The Hall–Kier alpha value is -0.231. The van der Waals surface area contributed by atoms with Gasteiger partial charge in [0.2, 0.25) is 0 Å². The van der Waals surface area contributed by atoms with Crippen molar-refractivity contribution in [3.63, 3.8) is 0 Å². The molecule has 0 amide bonds. The van der Waals surface area contributed by atoms with E-state index in [9.17, 15) is 0 Å². The SMILES string of the molecule is [Cl-].[Cl-].[SiH2]=[U+2]([CH]1C=Cc2ccccc21)[CH]1C=Cc2ccccc21. The van der Waals surface area contributed by atoms with E-state index in [1.165, 1.54) is 11.1 Å². The molecule has 2 aromatic carbocycles. The Balaban J connectivity index is 0.000000882. The monoisotopic (exact) mass is 568 g/mol. The molecule has 2 aliphatic carbocycles. The van der Waals surface area contributed by atoms with Crippen LogP contribution in [-0.4, -0.2) is 6.04 Å². The summed E-state index contributed by atoms with van der Waals surface area (Å²) >= 11 is -1.86. The van der Waals surface area contributed by atoms with Crippen LogP contribution in [0.3, 0.4) is 0 Å². The number of halogens is 2. The zero-order valence-corrected chi connectivity index (χ0v) is 19.1. The van der Waals surface area contributed by atoms with Gasteiger partial charge < -0.3 is 24.8 Å². The number of benzene rings is 2. The third-order valence-corrected chi connectivity index (χ3v) is 23.4. The molecule has 0 bridgehead atoms. The first-order chi connectivity index (χ1) is 9.84. The van der Waals surface area contributed by atoms with Crippen molar-refractivity contribution in [1.82, 2.24) is 0 Å². The van der Waals surface area contributed by atoms with E-state index in [-0.39, 0.29) is 24.8 Å². The zero-order chi connectivity index (χ0) is 13.5. The minimum atomic E-state index is -1.86. The fourth-order valence-electron chi connectivity index (χ4n) is 3.34. The van der Waals surface area contributed by atoms with E-state index in [4.69, 9.17) is 0 Å². The second-order valence-corrected chi connectivity index (χ2v) is 23.1. The van der Waals surface area contributed by atoms with Gasteiger partial charge in [-0.1, -0.05) is 0 Å². The van der Waals surface area contributed by atoms with E-state index in [2.05, 4.69) is 78.9 Å². The zero-order valence-electron chi connectivity index (χ0n) is 12.0. The van der Waals surface area contributed by atoms with Gasteiger partial charge in [0, 0.05) is 0 Å². The van der Waals surface area contributed by atoms with Gasteiger partial charge in [0.15, 0.2) is 0 Å². The summed E-state index contributed by atoms with van der Waals surface area (Å²) in [4.78, 5) is 0. The van der Waals surface area contributed by atoms with E-state index >= 15 is 0 Å². The van der Waals surface area contributed by atoms with Crippen LogP contribution in [0.15, 0.2) is 60.7 Å². The Morgan fingerprint density at radius 3 is 1.55 bits per heavy atom. The van der Waals surface area contributed by atoms with Crippen LogP contribution in [0.5, 0.6) is 0 Å². The van der Waals surface area contributed by atoms with Gasteiger partial charge in [-0.05, 0) is 0 Å². The summed E-state index contributed by atoms with van der Waals surface area (Å²) in [6.07, 6.45) is 9.65. The van der Waals surface area contributed by atoms with Crippen molar-refractivity contribution in [1.29, 1.82) is 0 Å². The van der Waals surface area contributed by atoms with Crippen molar-refractivity contribution >= 4 is 18.2 Å². The van der Waals surface area contributed by atoms with Crippen LogP contribution < -0.4 is 24.8 Å². The van der Waals surface area contributed by atoms with E-state index < -0.39 is 24.5 Å². The van der Waals surface area contributed by atoms with E-state index in [1.807, 2.05) is 0 Å². The van der Waals surface area contributed by atoms with E-state index in [0.717, 1.165) is 5.90 Å². The van der Waals surface area contributed by atoms with Crippen LogP contribution in [0.1, 0.15) is 28.2 Å². The van der Waals surface area contributed by atoms with Crippen LogP contribution in [0.2, 0.25) is 0 Å². The predicted octanol–water partition coefficient (Wildman–Crippen LogP) is -2.30. The second-order valence-electron chi connectivity index (χ2n) is 5.51. The number of hydrogen-bond donors (Lipinski definition) is 0. The van der Waals surface area contributed by atoms with Crippen molar-refractivity contribution in [3.05, 3.63) is 82.9 Å². The normalized spacial score (nSPS) is 19.8. The summed E-state index contributed by atoms with van der Waals surface area (Å²) in [5.74, 6) is 0. The average Bonchev–Trinajstić information content (AvgIpc) is 3.11. The van der Waals surface area contributed by atoms with Gasteiger partial charge in [-0.15, -0.1) is 0 Å². The molecular weight excluding hydrogens is 553 g/mol. The molecule has 0 spiro atoms. The average molecular weight is 569 g/mol. The van der Waals surface area contributed by atoms with Crippen LogP contribution in [0, 0.1) is 24.5 Å². The Bertz CT molecular complexity index is 704. The molecule has 0 aromatic heterocycles. The van der Waals surface area contributed by atoms with Gasteiger partial charge in [0.1, 0.15) is 0 Å². The fourth-order valence-corrected chi connectivity index (χ4v) is 20.0. The molecule has 2 unspecified atom stereocenters. The molecule has 0 nitrogen and oxygen atoms in total. The standard InChI is InChI=1S/2C9H7.2ClH.H2Si.U/c2*1-2-5-9-7-3-6-8(9)4-1;;;;/h2*1-7H;2*1H;1H2;/q;;;;;+2/p-2. The van der Waals surface area contributed by atoms with Gasteiger partial charge >= 0.3 is 132 Å². The van der Waals surface area contributed by atoms with Crippen molar-refractivity contribution < 1.29 is 49.4 Å². The summed E-state index contributed by atoms with van der Waals surface area (Å²) in [7, 11) is 0. The molecule has 2 atom stereocenters. The molecule has 0 N–H and O–H groups in total. The molecule has 4 heteroatoms. The predicted molar refractivity (Wildman–Crippen MR) is 85.0 cm³/mol.